The summed E-state index contributed by atoms with van der Waals surface area (Å²) < 4.78 is 10.2. The van der Waals surface area contributed by atoms with Crippen LogP contribution in [0.2, 0.25) is 0 Å². The number of benzene rings is 1. The number of methoxy groups -OCH3 is 2. The quantitative estimate of drug-likeness (QED) is 0.661. The molecule has 0 saturated heterocycles. The van der Waals surface area contributed by atoms with E-state index in [1.54, 1.807) is 0 Å². The first-order chi connectivity index (χ1) is 11.1. The van der Waals surface area contributed by atoms with Gasteiger partial charge in [-0.05, 0) is 5.21 Å². The molecule has 23 heavy (non-hydrogen) atoms. The van der Waals surface area contributed by atoms with Crippen LogP contribution in [0, 0.1) is 11.3 Å². The number of allylic oxidation sites excluding steroid dienone is 1. The summed E-state index contributed by atoms with van der Waals surface area (Å²) in [4.78, 5) is 11.4. The predicted molar refractivity (Wildman–Crippen MR) is 77.9 cm³/mol. The number of rotatable bonds is 6. The average molecular weight is 316 g/mol. The number of carboxylic acid groups (broad SMARTS) is 1. The number of hydrogen-bond acceptors (Lipinski definition) is 8. The number of aromatic amines is 1. The Bertz CT molecular complexity index is 779. The smallest absolute Gasteiger partial charge is 0.337 e. The minimum atomic E-state index is -1.17. The van der Waals surface area contributed by atoms with Gasteiger partial charge in [-0.15, -0.1) is 10.2 Å². The van der Waals surface area contributed by atoms with E-state index in [1.807, 2.05) is 6.07 Å². The van der Waals surface area contributed by atoms with Gasteiger partial charge in [-0.3, -0.25) is 0 Å². The maximum Gasteiger partial charge on any atom is 0.337 e. The highest BCUT2D eigenvalue weighted by Gasteiger charge is 2.16. The molecule has 2 rings (SSSR count). The Kier molecular flexibility index (Phi) is 4.73. The Morgan fingerprint density at radius 1 is 1.39 bits per heavy atom. The lowest BCUT2D eigenvalue weighted by atomic mass is 10.1. The molecular weight excluding hydrogens is 304 g/mol. The normalized spacial score (nSPS) is 10.7. The summed E-state index contributed by atoms with van der Waals surface area (Å²) in [5.41, 5.74) is 0.237. The summed E-state index contributed by atoms with van der Waals surface area (Å²) in [5, 5.41) is 34.1. The van der Waals surface area contributed by atoms with Gasteiger partial charge >= 0.3 is 5.97 Å². The molecule has 10 heteroatoms. The number of aromatic carboxylic acids is 1. The van der Waals surface area contributed by atoms with Crippen molar-refractivity contribution in [2.45, 2.75) is 0 Å². The van der Waals surface area contributed by atoms with Gasteiger partial charge in [0.2, 0.25) is 5.82 Å². The zero-order chi connectivity index (χ0) is 16.8. The van der Waals surface area contributed by atoms with E-state index >= 15 is 0 Å². The van der Waals surface area contributed by atoms with Crippen molar-refractivity contribution in [2.75, 3.05) is 19.5 Å². The Labute approximate surface area is 130 Å². The van der Waals surface area contributed by atoms with Crippen molar-refractivity contribution in [1.29, 1.82) is 5.26 Å². The molecule has 3 N–H and O–H groups in total. The van der Waals surface area contributed by atoms with Gasteiger partial charge < -0.3 is 19.9 Å². The third-order valence-corrected chi connectivity index (χ3v) is 2.83. The van der Waals surface area contributed by atoms with E-state index in [-0.39, 0.29) is 28.4 Å². The second kappa shape index (κ2) is 6.90. The molecule has 0 amide bonds. The Hall–Kier alpha value is -3.61. The van der Waals surface area contributed by atoms with Gasteiger partial charge in [0, 0.05) is 18.3 Å². The summed E-state index contributed by atoms with van der Waals surface area (Å²) in [6.45, 7) is 0. The molecule has 0 aliphatic rings. The number of carboxylic acids is 1. The van der Waals surface area contributed by atoms with Crippen molar-refractivity contribution >= 4 is 17.2 Å². The van der Waals surface area contributed by atoms with Gasteiger partial charge in [-0.25, -0.2) is 4.79 Å². The number of tetrazole rings is 1. The van der Waals surface area contributed by atoms with Crippen molar-refractivity contribution < 1.29 is 19.4 Å². The zero-order valence-corrected chi connectivity index (χ0v) is 12.2. The summed E-state index contributed by atoms with van der Waals surface area (Å²) in [6, 6.07) is 4.65. The minimum absolute atomic E-state index is 0.0516. The van der Waals surface area contributed by atoms with E-state index < -0.39 is 5.97 Å². The predicted octanol–water partition coefficient (Wildman–Crippen LogP) is 0.892. The van der Waals surface area contributed by atoms with Gasteiger partial charge in [-0.2, -0.15) is 10.5 Å². The standard InChI is InChI=1S/C13H12N6O4/c1-22-10-3-8(13(20)21)9(4-11(10)23-2)15-6-7(5-14)12-16-18-19-17-12/h3-4,6,15H,1-2H3,(H,20,21)(H,16,17,18,19). The molecule has 1 aromatic carbocycles. The van der Waals surface area contributed by atoms with E-state index in [0.29, 0.717) is 5.75 Å². The molecule has 0 fully saturated rings. The fourth-order valence-electron chi connectivity index (χ4n) is 1.75. The number of ether oxygens (including phenoxy) is 2. The van der Waals surface area contributed by atoms with Crippen molar-refractivity contribution in [3.8, 4) is 17.6 Å². The molecule has 1 aromatic heterocycles. The van der Waals surface area contributed by atoms with Crippen LogP contribution in [0.5, 0.6) is 11.5 Å². The number of anilines is 1. The van der Waals surface area contributed by atoms with Gasteiger partial charge in [-0.1, -0.05) is 0 Å². The van der Waals surface area contributed by atoms with E-state index in [9.17, 15) is 9.90 Å². The summed E-state index contributed by atoms with van der Waals surface area (Å²) in [7, 11) is 2.83. The second-order valence-electron chi connectivity index (χ2n) is 4.11. The van der Waals surface area contributed by atoms with Crippen LogP contribution in [0.1, 0.15) is 16.2 Å². The van der Waals surface area contributed by atoms with E-state index in [0.717, 1.165) is 0 Å². The first-order valence-electron chi connectivity index (χ1n) is 6.20. The minimum Gasteiger partial charge on any atom is -0.493 e. The van der Waals surface area contributed by atoms with Crippen LogP contribution in [0.25, 0.3) is 5.57 Å². The topological polar surface area (TPSA) is 146 Å². The molecule has 2 aromatic rings. The van der Waals surface area contributed by atoms with Crippen LogP contribution in [0.15, 0.2) is 18.3 Å². The van der Waals surface area contributed by atoms with Crippen LogP contribution in [-0.2, 0) is 0 Å². The van der Waals surface area contributed by atoms with E-state index in [1.165, 1.54) is 32.6 Å². The largest absolute Gasteiger partial charge is 0.493 e. The maximum atomic E-state index is 11.4. The SMILES string of the molecule is COc1cc(NC=C(C#N)c2nn[nH]n2)c(C(=O)O)cc1OC. The van der Waals surface area contributed by atoms with Crippen LogP contribution in [0.3, 0.4) is 0 Å². The number of nitrogens with one attached hydrogen (secondary N) is 2. The highest BCUT2D eigenvalue weighted by atomic mass is 16.5. The highest BCUT2D eigenvalue weighted by Crippen LogP contribution is 2.33. The number of aromatic nitrogens is 4. The molecule has 10 nitrogen and oxygen atoms in total. The number of nitriles is 1. The van der Waals surface area contributed by atoms with Crippen LogP contribution < -0.4 is 14.8 Å². The lowest BCUT2D eigenvalue weighted by Gasteiger charge is -2.12. The van der Waals surface area contributed by atoms with Crippen molar-refractivity contribution in [1.82, 2.24) is 20.6 Å². The summed E-state index contributed by atoms with van der Waals surface area (Å²) >= 11 is 0. The summed E-state index contributed by atoms with van der Waals surface area (Å²) in [6.07, 6.45) is 1.28. The first kappa shape index (κ1) is 15.8. The maximum absolute atomic E-state index is 11.4. The number of carbonyl (C=O) groups is 1. The summed E-state index contributed by atoms with van der Waals surface area (Å²) in [5.74, 6) is -0.471. The molecule has 0 aliphatic carbocycles. The molecule has 0 spiro atoms. The Balaban J connectivity index is 2.42. The molecule has 1 heterocycles. The fraction of sp³-hybridized carbons (Fsp3) is 0.154. The van der Waals surface area contributed by atoms with Crippen LogP contribution >= 0.6 is 0 Å². The number of hydrogen-bond donors (Lipinski definition) is 3. The lowest BCUT2D eigenvalue weighted by molar-refractivity contribution is 0.0697. The van der Waals surface area contributed by atoms with Gasteiger partial charge in [0.1, 0.15) is 11.6 Å². The zero-order valence-electron chi connectivity index (χ0n) is 12.2. The van der Waals surface area contributed by atoms with Crippen molar-refractivity contribution in [3.63, 3.8) is 0 Å². The molecule has 0 radical (unpaired) electrons. The van der Waals surface area contributed by atoms with Gasteiger partial charge in [0.15, 0.2) is 11.5 Å². The van der Waals surface area contributed by atoms with Crippen LogP contribution in [-0.4, -0.2) is 45.9 Å². The van der Waals surface area contributed by atoms with Gasteiger partial charge in [0.25, 0.3) is 0 Å². The second-order valence-corrected chi connectivity index (χ2v) is 4.11. The Morgan fingerprint density at radius 3 is 2.61 bits per heavy atom. The fourth-order valence-corrected chi connectivity index (χ4v) is 1.75. The first-order valence-corrected chi connectivity index (χ1v) is 6.20. The highest BCUT2D eigenvalue weighted by molar-refractivity contribution is 5.96. The van der Waals surface area contributed by atoms with E-state index in [4.69, 9.17) is 14.7 Å². The number of nitrogens with zero attached hydrogens (tertiary/aromatic N) is 4. The van der Waals surface area contributed by atoms with Crippen LogP contribution in [0.4, 0.5) is 5.69 Å². The molecule has 0 saturated carbocycles. The molecule has 0 aliphatic heterocycles. The van der Waals surface area contributed by atoms with Gasteiger partial charge in [0.05, 0.1) is 25.5 Å². The number of H-pyrrole nitrogens is 1. The lowest BCUT2D eigenvalue weighted by Crippen LogP contribution is -2.05. The Morgan fingerprint density at radius 2 is 2.09 bits per heavy atom. The third-order valence-electron chi connectivity index (χ3n) is 2.83. The van der Waals surface area contributed by atoms with Crippen molar-refractivity contribution in [3.05, 3.63) is 29.7 Å². The molecule has 0 atom stereocenters. The molecule has 118 valence electrons. The molecule has 0 bridgehead atoms. The monoisotopic (exact) mass is 316 g/mol. The van der Waals surface area contributed by atoms with E-state index in [2.05, 4.69) is 25.9 Å². The molecule has 0 unspecified atom stereocenters. The van der Waals surface area contributed by atoms with Crippen molar-refractivity contribution in [2.24, 2.45) is 0 Å². The molecular formula is C13H12N6O4. The average Bonchev–Trinajstić information content (AvgIpc) is 3.08. The third kappa shape index (κ3) is 3.35.